The number of aromatic nitrogens is 3. The van der Waals surface area contributed by atoms with Crippen molar-refractivity contribution in [3.05, 3.63) is 23.3 Å². The van der Waals surface area contributed by atoms with E-state index in [9.17, 15) is 0 Å². The fourth-order valence-corrected chi connectivity index (χ4v) is 5.68. The number of fused-ring (bicyclic) bond motifs is 2. The van der Waals surface area contributed by atoms with E-state index in [1.165, 1.54) is 12.8 Å². The van der Waals surface area contributed by atoms with Gasteiger partial charge in [-0.05, 0) is 25.7 Å². The van der Waals surface area contributed by atoms with Crippen LogP contribution >= 0.6 is 11.3 Å². The van der Waals surface area contributed by atoms with Gasteiger partial charge < -0.3 is 14.2 Å². The first kappa shape index (κ1) is 17.6. The quantitative estimate of drug-likeness (QED) is 0.796. The summed E-state index contributed by atoms with van der Waals surface area (Å²) in [5.74, 6) is 1.83. The second-order valence-corrected chi connectivity index (χ2v) is 9.31. The van der Waals surface area contributed by atoms with Gasteiger partial charge in [0.1, 0.15) is 0 Å². The molecule has 2 bridgehead atoms. The Morgan fingerprint density at radius 2 is 2.11 bits per heavy atom. The van der Waals surface area contributed by atoms with E-state index in [4.69, 9.17) is 9.26 Å². The van der Waals surface area contributed by atoms with Crippen molar-refractivity contribution in [2.75, 3.05) is 24.6 Å². The maximum atomic E-state index is 6.41. The van der Waals surface area contributed by atoms with Gasteiger partial charge in [-0.1, -0.05) is 19.0 Å². The van der Waals surface area contributed by atoms with Gasteiger partial charge in [0.05, 0.1) is 18.8 Å². The molecule has 0 amide bonds. The number of anilines is 1. The summed E-state index contributed by atoms with van der Waals surface area (Å²) in [6.45, 7) is 7.65. The number of morpholine rings is 1. The molecule has 146 valence electrons. The Kier molecular flexibility index (Phi) is 4.44. The zero-order chi connectivity index (χ0) is 18.4. The minimum atomic E-state index is -0.0351. The highest BCUT2D eigenvalue weighted by molar-refractivity contribution is 7.13. The Bertz CT molecular complexity index is 763. The van der Waals surface area contributed by atoms with Crippen molar-refractivity contribution in [2.24, 2.45) is 0 Å². The van der Waals surface area contributed by atoms with Gasteiger partial charge >= 0.3 is 0 Å². The second kappa shape index (κ2) is 6.83. The average Bonchev–Trinajstić information content (AvgIpc) is 3.38. The van der Waals surface area contributed by atoms with E-state index in [2.05, 4.69) is 44.2 Å². The third-order valence-electron chi connectivity index (χ3n) is 6.23. The summed E-state index contributed by atoms with van der Waals surface area (Å²) in [4.78, 5) is 14.1. The first-order chi connectivity index (χ1) is 13.1. The minimum absolute atomic E-state index is 0.0351. The van der Waals surface area contributed by atoms with Crippen LogP contribution in [0.2, 0.25) is 0 Å². The number of thiazole rings is 1. The zero-order valence-electron chi connectivity index (χ0n) is 16.0. The molecule has 8 heteroatoms. The standard InChI is InChI=1S/C19H27N5O2S/c1-13(2)17-21-16(22-26-17)11-24-14-3-4-15(24)10-19(9-14)12-23(6-7-25-19)18-20-5-8-27-18/h5,8,13-15H,3-4,6-7,9-12H2,1-2H3/t14-,15+,19?. The monoisotopic (exact) mass is 389 g/mol. The summed E-state index contributed by atoms with van der Waals surface area (Å²) in [6, 6.07) is 1.09. The molecule has 0 aliphatic carbocycles. The molecule has 0 aromatic carbocycles. The first-order valence-corrected chi connectivity index (χ1v) is 10.9. The van der Waals surface area contributed by atoms with Crippen molar-refractivity contribution in [1.82, 2.24) is 20.0 Å². The number of ether oxygens (including phenoxy) is 1. The normalized spacial score (nSPS) is 31.3. The maximum Gasteiger partial charge on any atom is 0.229 e. The summed E-state index contributed by atoms with van der Waals surface area (Å²) in [7, 11) is 0. The van der Waals surface area contributed by atoms with Gasteiger partial charge in [-0.15, -0.1) is 11.3 Å². The molecule has 3 saturated heterocycles. The van der Waals surface area contributed by atoms with Gasteiger partial charge in [0.25, 0.3) is 0 Å². The van der Waals surface area contributed by atoms with Crippen molar-refractivity contribution in [3.63, 3.8) is 0 Å². The molecule has 27 heavy (non-hydrogen) atoms. The van der Waals surface area contributed by atoms with Crippen LogP contribution < -0.4 is 4.90 Å². The molecule has 3 atom stereocenters. The van der Waals surface area contributed by atoms with E-state index < -0.39 is 0 Å². The predicted octanol–water partition coefficient (Wildman–Crippen LogP) is 3.05. The molecule has 2 aromatic heterocycles. The van der Waals surface area contributed by atoms with Crippen LogP contribution in [-0.4, -0.2) is 57.4 Å². The SMILES string of the molecule is CC(C)c1nc(CN2[C@@H]3CC[C@H]2CC2(C3)CN(c3nccs3)CCO2)no1. The number of piperidine rings is 1. The van der Waals surface area contributed by atoms with Crippen molar-refractivity contribution in [2.45, 2.75) is 69.7 Å². The third kappa shape index (κ3) is 3.28. The van der Waals surface area contributed by atoms with Crippen LogP contribution in [0.5, 0.6) is 0 Å². The lowest BCUT2D eigenvalue weighted by atomic mass is 9.84. The molecule has 1 spiro atoms. The first-order valence-electron chi connectivity index (χ1n) is 9.98. The predicted molar refractivity (Wildman–Crippen MR) is 103 cm³/mol. The molecule has 0 saturated carbocycles. The molecule has 3 fully saturated rings. The minimum Gasteiger partial charge on any atom is -0.371 e. The van der Waals surface area contributed by atoms with Gasteiger partial charge in [-0.3, -0.25) is 4.90 Å². The fraction of sp³-hybridized carbons (Fsp3) is 0.737. The van der Waals surface area contributed by atoms with Crippen LogP contribution in [0, 0.1) is 0 Å². The molecular weight excluding hydrogens is 362 g/mol. The summed E-state index contributed by atoms with van der Waals surface area (Å²) < 4.78 is 11.8. The Labute approximate surface area is 163 Å². The molecular formula is C19H27N5O2S. The van der Waals surface area contributed by atoms with Crippen LogP contribution in [-0.2, 0) is 11.3 Å². The van der Waals surface area contributed by atoms with E-state index in [1.807, 2.05) is 6.20 Å². The molecule has 0 radical (unpaired) electrons. The Morgan fingerprint density at radius 3 is 2.78 bits per heavy atom. The van der Waals surface area contributed by atoms with Gasteiger partial charge in [0.2, 0.25) is 5.89 Å². The Morgan fingerprint density at radius 1 is 1.30 bits per heavy atom. The van der Waals surface area contributed by atoms with E-state index in [-0.39, 0.29) is 11.5 Å². The van der Waals surface area contributed by atoms with Crippen LogP contribution in [0.1, 0.15) is 57.2 Å². The summed E-state index contributed by atoms with van der Waals surface area (Å²) in [5, 5.41) is 7.38. The highest BCUT2D eigenvalue weighted by atomic mass is 32.1. The molecule has 5 rings (SSSR count). The average molecular weight is 390 g/mol. The fourth-order valence-electron chi connectivity index (χ4n) is 5.01. The molecule has 0 N–H and O–H groups in total. The summed E-state index contributed by atoms with van der Waals surface area (Å²) in [6.07, 6.45) is 6.54. The highest BCUT2D eigenvalue weighted by Crippen LogP contribution is 2.45. The van der Waals surface area contributed by atoms with Crippen LogP contribution in [0.15, 0.2) is 16.1 Å². The van der Waals surface area contributed by atoms with Crippen LogP contribution in [0.4, 0.5) is 5.13 Å². The van der Waals surface area contributed by atoms with Crippen molar-refractivity contribution < 1.29 is 9.26 Å². The molecule has 2 aromatic rings. The largest absolute Gasteiger partial charge is 0.371 e. The van der Waals surface area contributed by atoms with Crippen molar-refractivity contribution >= 4 is 16.5 Å². The van der Waals surface area contributed by atoms with Gasteiger partial charge in [-0.25, -0.2) is 4.98 Å². The molecule has 7 nitrogen and oxygen atoms in total. The van der Waals surface area contributed by atoms with Gasteiger partial charge in [-0.2, -0.15) is 4.98 Å². The van der Waals surface area contributed by atoms with E-state index in [1.54, 1.807) is 11.3 Å². The molecule has 3 aliphatic rings. The lowest BCUT2D eigenvalue weighted by molar-refractivity contribution is -0.112. The smallest absolute Gasteiger partial charge is 0.229 e. The van der Waals surface area contributed by atoms with E-state index in [0.29, 0.717) is 12.1 Å². The molecule has 1 unspecified atom stereocenters. The van der Waals surface area contributed by atoms with Crippen LogP contribution in [0.3, 0.4) is 0 Å². The van der Waals surface area contributed by atoms with E-state index >= 15 is 0 Å². The van der Waals surface area contributed by atoms with Gasteiger partial charge in [0, 0.05) is 42.7 Å². The van der Waals surface area contributed by atoms with Gasteiger partial charge in [0.15, 0.2) is 11.0 Å². The lowest BCUT2D eigenvalue weighted by Gasteiger charge is -2.50. The Balaban J connectivity index is 1.29. The third-order valence-corrected chi connectivity index (χ3v) is 7.06. The molecule has 5 heterocycles. The summed E-state index contributed by atoms with van der Waals surface area (Å²) in [5.41, 5.74) is -0.0351. The van der Waals surface area contributed by atoms with Crippen molar-refractivity contribution in [3.8, 4) is 0 Å². The maximum absolute atomic E-state index is 6.41. The number of nitrogens with zero attached hydrogens (tertiary/aromatic N) is 5. The topological polar surface area (TPSA) is 67.5 Å². The zero-order valence-corrected chi connectivity index (χ0v) is 16.8. The molecule has 3 aliphatic heterocycles. The number of hydrogen-bond donors (Lipinski definition) is 0. The van der Waals surface area contributed by atoms with Crippen LogP contribution in [0.25, 0.3) is 0 Å². The Hall–Kier alpha value is -1.51. The van der Waals surface area contributed by atoms with E-state index in [0.717, 1.165) is 55.9 Å². The second-order valence-electron chi connectivity index (χ2n) is 8.44. The highest BCUT2D eigenvalue weighted by Gasteiger charge is 2.51. The number of hydrogen-bond acceptors (Lipinski definition) is 8. The summed E-state index contributed by atoms with van der Waals surface area (Å²) >= 11 is 1.72. The number of rotatable bonds is 4. The lowest BCUT2D eigenvalue weighted by Crippen LogP contribution is -2.60. The van der Waals surface area contributed by atoms with Crippen molar-refractivity contribution in [1.29, 1.82) is 0 Å².